The second kappa shape index (κ2) is 9.20. The zero-order valence-corrected chi connectivity index (χ0v) is 15.1. The first-order valence-electron chi connectivity index (χ1n) is 8.26. The molecule has 132 valence electrons. The number of nitrogens with two attached hydrogens (primary N) is 1. The minimum Gasteiger partial charge on any atom is -0.352 e. The van der Waals surface area contributed by atoms with Gasteiger partial charge in [0, 0.05) is 28.4 Å². The number of hydrogen-bond acceptors (Lipinski definition) is 2. The molecule has 0 radical (unpaired) electrons. The van der Waals surface area contributed by atoms with Gasteiger partial charge in [-0.2, -0.15) is 0 Å². The monoisotopic (exact) mass is 360 g/mol. The van der Waals surface area contributed by atoms with Crippen molar-refractivity contribution < 1.29 is 14.9 Å². The summed E-state index contributed by atoms with van der Waals surface area (Å²) in [6.07, 6.45) is 0. The predicted molar refractivity (Wildman–Crippen MR) is 99.7 cm³/mol. The Labute approximate surface area is 152 Å². The van der Waals surface area contributed by atoms with Crippen LogP contribution in [0.5, 0.6) is 0 Å². The first-order valence-corrected chi connectivity index (χ1v) is 8.64. The molecule has 2 rings (SSSR count). The van der Waals surface area contributed by atoms with Crippen molar-refractivity contribution in [1.29, 1.82) is 0 Å². The molecule has 6 heteroatoms. The zero-order chi connectivity index (χ0) is 18.2. The highest BCUT2D eigenvalue weighted by Gasteiger charge is 2.12. The molecule has 0 fully saturated rings. The van der Waals surface area contributed by atoms with Gasteiger partial charge in [0.1, 0.15) is 6.04 Å². The van der Waals surface area contributed by atoms with Crippen molar-refractivity contribution >= 4 is 29.1 Å². The molecule has 0 aliphatic rings. The largest absolute Gasteiger partial charge is 0.352 e. The molecule has 2 amide bonds. The van der Waals surface area contributed by atoms with Crippen LogP contribution in [0.3, 0.4) is 0 Å². The zero-order valence-electron chi connectivity index (χ0n) is 14.4. The molecule has 0 aliphatic carbocycles. The molecule has 4 N–H and O–H groups in total. The molecule has 0 aromatic heterocycles. The van der Waals surface area contributed by atoms with E-state index in [2.05, 4.69) is 10.6 Å². The average molecular weight is 361 g/mol. The van der Waals surface area contributed by atoms with Gasteiger partial charge in [-0.25, -0.2) is 0 Å². The maximum absolute atomic E-state index is 12.1. The highest BCUT2D eigenvalue weighted by atomic mass is 35.5. The van der Waals surface area contributed by atoms with Crippen LogP contribution in [0, 0.1) is 0 Å². The van der Waals surface area contributed by atoms with Crippen LogP contribution in [0.4, 0.5) is 5.69 Å². The summed E-state index contributed by atoms with van der Waals surface area (Å²) in [6, 6.07) is 14.6. The number of carbonyl (C=O) groups is 2. The molecule has 5 nitrogen and oxygen atoms in total. The van der Waals surface area contributed by atoms with E-state index in [-0.39, 0.29) is 24.4 Å². The van der Waals surface area contributed by atoms with Crippen LogP contribution < -0.4 is 16.0 Å². The summed E-state index contributed by atoms with van der Waals surface area (Å²) in [5.41, 5.74) is 2.25. The predicted octanol–water partition coefficient (Wildman–Crippen LogP) is 2.35. The van der Waals surface area contributed by atoms with Crippen LogP contribution in [0.2, 0.25) is 5.02 Å². The Balaban J connectivity index is 1.88. The molecule has 0 unspecified atom stereocenters. The van der Waals surface area contributed by atoms with Gasteiger partial charge in [0.25, 0.3) is 11.8 Å². The topological polar surface area (TPSA) is 74.8 Å². The maximum Gasteiger partial charge on any atom is 0.279 e. The normalized spacial score (nSPS) is 11.6. The summed E-state index contributed by atoms with van der Waals surface area (Å²) < 4.78 is 0. The molecule has 0 aliphatic heterocycles. The average Bonchev–Trinajstić information content (AvgIpc) is 2.61. The smallest absolute Gasteiger partial charge is 0.279 e. The van der Waals surface area contributed by atoms with Crippen LogP contribution in [0.25, 0.3) is 0 Å². The van der Waals surface area contributed by atoms with E-state index in [0.717, 1.165) is 5.56 Å². The summed E-state index contributed by atoms with van der Waals surface area (Å²) in [6.45, 7) is 4.75. The van der Waals surface area contributed by atoms with Crippen molar-refractivity contribution in [3.05, 3.63) is 64.7 Å². The molecule has 0 spiro atoms. The van der Waals surface area contributed by atoms with E-state index in [4.69, 9.17) is 11.6 Å². The molecular formula is C19H23ClN3O2+. The second-order valence-corrected chi connectivity index (χ2v) is 6.20. The van der Waals surface area contributed by atoms with Crippen LogP contribution in [0.15, 0.2) is 48.5 Å². The van der Waals surface area contributed by atoms with Crippen molar-refractivity contribution in [2.45, 2.75) is 19.9 Å². The number of halogens is 1. The van der Waals surface area contributed by atoms with E-state index in [1.54, 1.807) is 24.3 Å². The van der Waals surface area contributed by atoms with Crippen LogP contribution in [-0.2, 0) is 4.79 Å². The van der Waals surface area contributed by atoms with Gasteiger partial charge in [-0.3, -0.25) is 9.59 Å². The number of amides is 2. The molecular weight excluding hydrogens is 338 g/mol. The van der Waals surface area contributed by atoms with Gasteiger partial charge >= 0.3 is 0 Å². The third kappa shape index (κ3) is 5.89. The van der Waals surface area contributed by atoms with Crippen molar-refractivity contribution in [2.75, 3.05) is 18.4 Å². The fourth-order valence-electron chi connectivity index (χ4n) is 2.40. The Bertz CT molecular complexity index is 732. The quantitative estimate of drug-likeness (QED) is 0.709. The summed E-state index contributed by atoms with van der Waals surface area (Å²) in [7, 11) is 0. The van der Waals surface area contributed by atoms with Crippen molar-refractivity contribution in [1.82, 2.24) is 5.32 Å². The summed E-state index contributed by atoms with van der Waals surface area (Å²) in [5, 5.41) is 8.21. The first-order chi connectivity index (χ1) is 12.0. The molecule has 2 aromatic carbocycles. The molecule has 0 bridgehead atoms. The van der Waals surface area contributed by atoms with Crippen molar-refractivity contribution in [2.24, 2.45) is 0 Å². The molecule has 2 aromatic rings. The van der Waals surface area contributed by atoms with Gasteiger partial charge in [0.05, 0.1) is 0 Å². The van der Waals surface area contributed by atoms with Crippen molar-refractivity contribution in [3.63, 3.8) is 0 Å². The number of quaternary nitrogens is 1. The maximum atomic E-state index is 12.1. The highest BCUT2D eigenvalue weighted by Crippen LogP contribution is 2.13. The summed E-state index contributed by atoms with van der Waals surface area (Å²) >= 11 is 5.89. The number of carbonyl (C=O) groups excluding carboxylic acids is 2. The first kappa shape index (κ1) is 19.0. The Morgan fingerprint density at radius 1 is 1.16 bits per heavy atom. The lowest BCUT2D eigenvalue weighted by atomic mass is 10.1. The van der Waals surface area contributed by atoms with Crippen LogP contribution >= 0.6 is 11.6 Å². The van der Waals surface area contributed by atoms with Gasteiger partial charge in [-0.1, -0.05) is 29.8 Å². The number of anilines is 1. The van der Waals surface area contributed by atoms with E-state index in [9.17, 15) is 9.59 Å². The molecule has 1 atom stereocenters. The summed E-state index contributed by atoms with van der Waals surface area (Å²) in [4.78, 5) is 24.0. The molecule has 0 heterocycles. The summed E-state index contributed by atoms with van der Waals surface area (Å²) in [5.74, 6) is -0.268. The Hall–Kier alpha value is -2.37. The molecule has 0 saturated heterocycles. The fourth-order valence-corrected chi connectivity index (χ4v) is 2.53. The Morgan fingerprint density at radius 3 is 2.56 bits per heavy atom. The van der Waals surface area contributed by atoms with Crippen molar-refractivity contribution in [3.8, 4) is 0 Å². The third-order valence-corrected chi connectivity index (χ3v) is 4.05. The van der Waals surface area contributed by atoms with Crippen LogP contribution in [0.1, 0.15) is 35.8 Å². The lowest BCUT2D eigenvalue weighted by Crippen LogP contribution is -2.86. The third-order valence-electron chi connectivity index (χ3n) is 3.80. The molecule has 0 saturated carbocycles. The van der Waals surface area contributed by atoms with Gasteiger partial charge < -0.3 is 16.0 Å². The van der Waals surface area contributed by atoms with Gasteiger partial charge in [-0.05, 0) is 44.2 Å². The molecule has 25 heavy (non-hydrogen) atoms. The van der Waals surface area contributed by atoms with E-state index in [0.29, 0.717) is 22.8 Å². The van der Waals surface area contributed by atoms with Gasteiger partial charge in [-0.15, -0.1) is 0 Å². The minimum absolute atomic E-state index is 0.117. The lowest BCUT2D eigenvalue weighted by molar-refractivity contribution is -0.682. The number of benzene rings is 2. The highest BCUT2D eigenvalue weighted by molar-refractivity contribution is 6.30. The van der Waals surface area contributed by atoms with Gasteiger partial charge in [0.15, 0.2) is 6.54 Å². The second-order valence-electron chi connectivity index (χ2n) is 5.77. The van der Waals surface area contributed by atoms with E-state index in [1.807, 2.05) is 43.4 Å². The lowest BCUT2D eigenvalue weighted by Gasteiger charge is -2.12. The van der Waals surface area contributed by atoms with E-state index < -0.39 is 0 Å². The van der Waals surface area contributed by atoms with E-state index >= 15 is 0 Å². The van der Waals surface area contributed by atoms with Crippen LogP contribution in [-0.4, -0.2) is 24.9 Å². The minimum atomic E-state index is -0.151. The fraction of sp³-hybridized carbons (Fsp3) is 0.263. The van der Waals surface area contributed by atoms with Gasteiger partial charge in [0.2, 0.25) is 0 Å². The Morgan fingerprint density at radius 2 is 1.88 bits per heavy atom. The number of hydrogen-bond donors (Lipinski definition) is 3. The number of rotatable bonds is 7. The van der Waals surface area contributed by atoms with E-state index in [1.165, 1.54) is 0 Å². The Kier molecular flexibility index (Phi) is 6.98. The standard InChI is InChI=1S/C19H22ClN3O2/c1-3-21-19(25)15-5-4-6-17(11-15)23-18(24)12-22-13(2)14-7-9-16(20)10-8-14/h4-11,13,22H,3,12H2,1-2H3,(H,21,25)(H,23,24)/p+1/t13-/m1/s1. The number of nitrogens with one attached hydrogen (secondary N) is 2. The SMILES string of the molecule is CCNC(=O)c1cccc(NC(=O)C[NH2+][C@H](C)c2ccc(Cl)cc2)c1.